The van der Waals surface area contributed by atoms with Gasteiger partial charge >= 0.3 is 0 Å². The average Bonchev–Trinajstić information content (AvgIpc) is 3.13. The highest BCUT2D eigenvalue weighted by atomic mass is 35.5. The number of nitrogens with one attached hydrogen (secondary N) is 2. The second kappa shape index (κ2) is 8.11. The lowest BCUT2D eigenvalue weighted by molar-refractivity contribution is 0.102. The molecule has 1 aromatic heterocycles. The highest BCUT2D eigenvalue weighted by Crippen LogP contribution is 2.34. The summed E-state index contributed by atoms with van der Waals surface area (Å²) in [5.41, 5.74) is 2.91. The smallest absolute Gasteiger partial charge is 0.256 e. The summed E-state index contributed by atoms with van der Waals surface area (Å²) in [6.45, 7) is 0. The van der Waals surface area contributed by atoms with Gasteiger partial charge in [-0.3, -0.25) is 4.79 Å². The summed E-state index contributed by atoms with van der Waals surface area (Å²) in [6.07, 6.45) is 2.09. The molecule has 1 amide bonds. The maximum atomic E-state index is 12.6. The number of methoxy groups -OCH3 is 1. The number of fused-ring (bicyclic) bond motifs is 1. The molecular formula is C21H16Cl2N4O2. The van der Waals surface area contributed by atoms with Crippen molar-refractivity contribution in [3.63, 3.8) is 0 Å². The van der Waals surface area contributed by atoms with E-state index in [0.29, 0.717) is 45.1 Å². The van der Waals surface area contributed by atoms with Crippen molar-refractivity contribution in [3.05, 3.63) is 75.9 Å². The molecule has 3 aromatic rings. The van der Waals surface area contributed by atoms with E-state index in [0.717, 1.165) is 11.3 Å². The van der Waals surface area contributed by atoms with Gasteiger partial charge in [0, 0.05) is 17.7 Å². The fourth-order valence-electron chi connectivity index (χ4n) is 2.94. The van der Waals surface area contributed by atoms with Crippen LogP contribution in [0.5, 0.6) is 5.75 Å². The van der Waals surface area contributed by atoms with Crippen LogP contribution in [0.1, 0.15) is 15.9 Å². The number of nitrogens with zero attached hydrogens (tertiary/aromatic N) is 2. The highest BCUT2D eigenvalue weighted by molar-refractivity contribution is 6.39. The summed E-state index contributed by atoms with van der Waals surface area (Å²) in [6, 6.07) is 14.1. The molecule has 4 rings (SSSR count). The first-order chi connectivity index (χ1) is 14.0. The van der Waals surface area contributed by atoms with Gasteiger partial charge in [0.25, 0.3) is 5.91 Å². The minimum atomic E-state index is -0.245. The molecule has 0 aliphatic carbocycles. The number of benzene rings is 2. The Kier molecular flexibility index (Phi) is 5.38. The van der Waals surface area contributed by atoms with E-state index >= 15 is 0 Å². The van der Waals surface area contributed by atoms with E-state index in [1.54, 1.807) is 49.7 Å². The predicted octanol–water partition coefficient (Wildman–Crippen LogP) is 5.35. The van der Waals surface area contributed by atoms with E-state index in [-0.39, 0.29) is 5.91 Å². The molecule has 29 heavy (non-hydrogen) atoms. The first-order valence-corrected chi connectivity index (χ1v) is 9.52. The van der Waals surface area contributed by atoms with E-state index in [1.807, 2.05) is 12.1 Å². The fourth-order valence-corrected chi connectivity index (χ4v) is 3.43. The van der Waals surface area contributed by atoms with Gasteiger partial charge in [-0.05, 0) is 48.0 Å². The summed E-state index contributed by atoms with van der Waals surface area (Å²) >= 11 is 12.4. The van der Waals surface area contributed by atoms with Crippen LogP contribution in [0.2, 0.25) is 10.0 Å². The van der Waals surface area contributed by atoms with Crippen molar-refractivity contribution < 1.29 is 9.53 Å². The lowest BCUT2D eigenvalue weighted by atomic mass is 10.1. The maximum absolute atomic E-state index is 12.6. The molecule has 1 aliphatic rings. The van der Waals surface area contributed by atoms with E-state index in [1.165, 1.54) is 0 Å². The summed E-state index contributed by atoms with van der Waals surface area (Å²) in [5, 5.41) is 6.98. The van der Waals surface area contributed by atoms with Gasteiger partial charge in [0.15, 0.2) is 0 Å². The predicted molar refractivity (Wildman–Crippen MR) is 116 cm³/mol. The van der Waals surface area contributed by atoms with Gasteiger partial charge < -0.3 is 15.4 Å². The number of aromatic nitrogens is 1. The van der Waals surface area contributed by atoms with Crippen LogP contribution in [-0.4, -0.2) is 23.8 Å². The Morgan fingerprint density at radius 2 is 1.97 bits per heavy atom. The van der Waals surface area contributed by atoms with Crippen molar-refractivity contribution >= 4 is 52.1 Å². The van der Waals surface area contributed by atoms with Crippen LogP contribution in [0.25, 0.3) is 0 Å². The number of ether oxygens (including phenoxy) is 1. The van der Waals surface area contributed by atoms with Crippen LogP contribution >= 0.6 is 23.2 Å². The largest absolute Gasteiger partial charge is 0.495 e. The quantitative estimate of drug-likeness (QED) is 0.589. The number of rotatable bonds is 4. The third-order valence-electron chi connectivity index (χ3n) is 4.40. The van der Waals surface area contributed by atoms with Crippen LogP contribution in [0.15, 0.2) is 59.7 Å². The Balaban J connectivity index is 1.51. The molecule has 0 radical (unpaired) electrons. The van der Waals surface area contributed by atoms with Crippen molar-refractivity contribution in [3.8, 4) is 5.75 Å². The van der Waals surface area contributed by atoms with Gasteiger partial charge in [-0.25, -0.2) is 9.98 Å². The summed E-state index contributed by atoms with van der Waals surface area (Å²) in [7, 11) is 1.56. The van der Waals surface area contributed by atoms with Crippen molar-refractivity contribution in [1.29, 1.82) is 0 Å². The molecular weight excluding hydrogens is 411 g/mol. The topological polar surface area (TPSA) is 75.6 Å². The molecule has 0 saturated heterocycles. The first kappa shape index (κ1) is 19.2. The van der Waals surface area contributed by atoms with E-state index in [9.17, 15) is 4.79 Å². The molecule has 1 aliphatic heterocycles. The molecule has 2 heterocycles. The van der Waals surface area contributed by atoms with Gasteiger partial charge in [-0.1, -0.05) is 29.3 Å². The van der Waals surface area contributed by atoms with Crippen LogP contribution in [-0.2, 0) is 6.42 Å². The van der Waals surface area contributed by atoms with E-state index < -0.39 is 0 Å². The van der Waals surface area contributed by atoms with Gasteiger partial charge in [-0.2, -0.15) is 0 Å². The zero-order valence-corrected chi connectivity index (χ0v) is 16.9. The highest BCUT2D eigenvalue weighted by Gasteiger charge is 2.19. The number of anilines is 2. The number of aliphatic imine (C=N–C) groups is 1. The second-order valence-corrected chi connectivity index (χ2v) is 7.15. The minimum absolute atomic E-state index is 0.245. The summed E-state index contributed by atoms with van der Waals surface area (Å²) in [5.74, 6) is 1.54. The number of hydrogen-bond donors (Lipinski definition) is 2. The molecule has 8 heteroatoms. The van der Waals surface area contributed by atoms with E-state index in [4.69, 9.17) is 27.9 Å². The molecule has 2 N–H and O–H groups in total. The van der Waals surface area contributed by atoms with Gasteiger partial charge in [0.05, 0.1) is 23.4 Å². The van der Waals surface area contributed by atoms with Crippen LogP contribution in [0, 0.1) is 0 Å². The van der Waals surface area contributed by atoms with Crippen LogP contribution in [0.4, 0.5) is 17.2 Å². The number of pyridine rings is 1. The number of carbonyl (C=O) groups is 1. The Bertz CT molecular complexity index is 1090. The standard InChI is InChI=1S/C21H16Cl2N4O2/c1-29-14-6-8-18(24-11-14)27-21(28)12-5-7-17-13(9-12)10-19(25-17)26-20-15(22)3-2-4-16(20)23/h2-9,11H,10H2,1H3,(H,25,26)(H,24,27,28). The van der Waals surface area contributed by atoms with E-state index in [2.05, 4.69) is 20.6 Å². The van der Waals surface area contributed by atoms with Gasteiger partial charge in [0.2, 0.25) is 0 Å². The normalized spacial score (nSPS) is 13.7. The monoisotopic (exact) mass is 426 g/mol. The zero-order valence-electron chi connectivity index (χ0n) is 15.4. The lowest BCUT2D eigenvalue weighted by Gasteiger charge is -2.07. The molecule has 6 nitrogen and oxygen atoms in total. The summed E-state index contributed by atoms with van der Waals surface area (Å²) in [4.78, 5) is 21.3. The third kappa shape index (κ3) is 4.18. The molecule has 0 unspecified atom stereocenters. The molecule has 146 valence electrons. The second-order valence-electron chi connectivity index (χ2n) is 6.34. The molecule has 0 saturated carbocycles. The van der Waals surface area contributed by atoms with Gasteiger partial charge in [0.1, 0.15) is 23.1 Å². The van der Waals surface area contributed by atoms with Crippen LogP contribution in [0.3, 0.4) is 0 Å². The van der Waals surface area contributed by atoms with Crippen LogP contribution < -0.4 is 15.4 Å². The van der Waals surface area contributed by atoms with Crippen molar-refractivity contribution in [2.45, 2.75) is 6.42 Å². The first-order valence-electron chi connectivity index (χ1n) is 8.76. The number of para-hydroxylation sites is 1. The SMILES string of the molecule is COc1ccc(NC(=O)c2ccc3c(c2)CC(=Nc2c(Cl)cccc2Cl)N3)nc1. The number of amides is 1. The number of hydrogen-bond acceptors (Lipinski definition) is 4. The van der Waals surface area contributed by atoms with Crippen molar-refractivity contribution in [2.24, 2.45) is 4.99 Å². The van der Waals surface area contributed by atoms with Crippen molar-refractivity contribution in [1.82, 2.24) is 4.98 Å². The number of carbonyl (C=O) groups excluding carboxylic acids is 1. The lowest BCUT2D eigenvalue weighted by Crippen LogP contribution is -2.13. The third-order valence-corrected chi connectivity index (χ3v) is 5.01. The summed E-state index contributed by atoms with van der Waals surface area (Å²) < 4.78 is 5.07. The molecule has 2 aromatic carbocycles. The fraction of sp³-hybridized carbons (Fsp3) is 0.0952. The Morgan fingerprint density at radius 1 is 1.17 bits per heavy atom. The Hall–Kier alpha value is -3.09. The molecule has 0 bridgehead atoms. The molecule has 0 spiro atoms. The average molecular weight is 427 g/mol. The number of halogens is 2. The van der Waals surface area contributed by atoms with Gasteiger partial charge in [-0.15, -0.1) is 0 Å². The zero-order chi connectivity index (χ0) is 20.4. The maximum Gasteiger partial charge on any atom is 0.256 e. The molecule has 0 atom stereocenters. The minimum Gasteiger partial charge on any atom is -0.495 e. The Labute approximate surface area is 177 Å². The van der Waals surface area contributed by atoms with Crippen molar-refractivity contribution in [2.75, 3.05) is 17.7 Å². The molecule has 0 fully saturated rings. The number of amidine groups is 1. The Morgan fingerprint density at radius 3 is 2.66 bits per heavy atom.